The molecule has 0 spiro atoms. The van der Waals surface area contributed by atoms with Crippen LogP contribution in [0.3, 0.4) is 0 Å². The number of aliphatic hydroxyl groups is 2. The summed E-state index contributed by atoms with van der Waals surface area (Å²) in [6.07, 6.45) is 12.2. The van der Waals surface area contributed by atoms with E-state index >= 15 is 0 Å². The van der Waals surface area contributed by atoms with Crippen LogP contribution in [-0.2, 0) is 50.7 Å². The Morgan fingerprint density at radius 2 is 1.49 bits per heavy atom. The Hall–Kier alpha value is -1.84. The van der Waals surface area contributed by atoms with Crippen LogP contribution in [0.2, 0.25) is 0 Å². The fourth-order valence-corrected chi connectivity index (χ4v) is 10.5. The normalized spacial score (nSPS) is 19.8. The van der Waals surface area contributed by atoms with E-state index in [4.69, 9.17) is 15.0 Å². The van der Waals surface area contributed by atoms with E-state index in [9.17, 15) is 57.9 Å². The smallest absolute Gasteiger partial charge is 0.756 e. The first-order valence-corrected chi connectivity index (χ1v) is 28.1. The maximum atomic E-state index is 12.7. The van der Waals surface area contributed by atoms with Gasteiger partial charge in [0.05, 0.1) is 19.5 Å². The monoisotopic (exact) mass is 1040 g/mol. The van der Waals surface area contributed by atoms with E-state index in [1.54, 1.807) is 0 Å². The number of amides is 2. The van der Waals surface area contributed by atoms with Gasteiger partial charge in [0.15, 0.2) is 22.8 Å². The van der Waals surface area contributed by atoms with E-state index in [1.807, 2.05) is 0 Å². The van der Waals surface area contributed by atoms with E-state index in [0.29, 0.717) is 12.2 Å². The number of phosphoric acid groups is 3. The van der Waals surface area contributed by atoms with Gasteiger partial charge in [-0.2, -0.15) is 0 Å². The summed E-state index contributed by atoms with van der Waals surface area (Å²) in [6.45, 7) is 2.66. The zero-order valence-electron chi connectivity index (χ0n) is 39.3. The van der Waals surface area contributed by atoms with E-state index in [2.05, 4.69) is 45.9 Å². The number of unbranched alkanes of at least 4 members (excludes halogenated alkanes) is 14. The molecule has 1 aliphatic rings. The maximum Gasteiger partial charge on any atom is 1.00 e. The van der Waals surface area contributed by atoms with Crippen LogP contribution in [0.25, 0.3) is 11.2 Å². The van der Waals surface area contributed by atoms with E-state index in [0.717, 1.165) is 48.2 Å². The molecule has 0 aliphatic carbocycles. The number of thioether (sulfide) groups is 1. The summed E-state index contributed by atoms with van der Waals surface area (Å²) in [5.41, 5.74) is 4.23. The molecule has 2 unspecified atom stereocenters. The molecule has 1 aliphatic heterocycles. The van der Waals surface area contributed by atoms with Crippen LogP contribution >= 0.6 is 35.2 Å². The fraction of sp³-hybridized carbons (Fsp3) is 0.795. The molecular weight excluding hydrogens is 970 g/mol. The van der Waals surface area contributed by atoms with Crippen LogP contribution in [-0.4, -0.2) is 118 Å². The predicted molar refractivity (Wildman–Crippen MR) is 244 cm³/mol. The number of rotatable bonds is 35. The number of aromatic nitrogens is 4. The van der Waals surface area contributed by atoms with Crippen molar-refractivity contribution in [2.45, 2.75) is 161 Å². The summed E-state index contributed by atoms with van der Waals surface area (Å²) in [5.74, 6) is -1.06. The average molecular weight is 1040 g/mol. The van der Waals surface area contributed by atoms with Crippen LogP contribution < -0.4 is 40.1 Å². The minimum atomic E-state index is -5.75. The van der Waals surface area contributed by atoms with Gasteiger partial charge in [-0.3, -0.25) is 32.6 Å². The van der Waals surface area contributed by atoms with Crippen LogP contribution in [0.15, 0.2) is 12.7 Å². The van der Waals surface area contributed by atoms with Crippen molar-refractivity contribution in [3.05, 3.63) is 12.7 Å². The van der Waals surface area contributed by atoms with Crippen LogP contribution in [0.4, 0.5) is 5.82 Å². The summed E-state index contributed by atoms with van der Waals surface area (Å²) in [4.78, 5) is 90.6. The van der Waals surface area contributed by atoms with Gasteiger partial charge >= 0.3 is 34.5 Å². The molecule has 0 saturated carbocycles. The molecule has 68 heavy (non-hydrogen) atoms. The zero-order chi connectivity index (χ0) is 49.7. The van der Waals surface area contributed by atoms with Gasteiger partial charge in [-0.05, 0) is 6.42 Å². The minimum absolute atomic E-state index is 0. The molecule has 0 aromatic carbocycles. The third-order valence-electron chi connectivity index (χ3n) is 10.7. The SMILES string of the molecule is CCCCCCCCCCCCCCCCCC(=O)SCCNC(=O)CCNC(=O)[C@H](O)C(C)(C)COP(=O)([O-])OP(=O)(O)OC[C@H]1O[C@@H](n2cnc3c(N)ncnc32)[C@H](O)[C@@H]1OP(=O)(O)O.[Li+]. The summed E-state index contributed by atoms with van der Waals surface area (Å²) in [6, 6.07) is 0. The number of imidazole rings is 1. The standard InChI is InChI=1S/C39H70N7O17P3S.Li/c1-4-5-6-7-8-9-10-11-12-13-14-15-16-17-18-19-30(48)67-23-22-41-29(47)20-21-42-37(51)34(50)39(2,3)25-60-66(57,58)63-65(55,56)59-24-28-33(62-64(52,53)54)32(49)38(61-28)46-27-45-31-35(40)43-26-44-36(31)46;/h26-28,32-34,38,49-50H,4-25H2,1-3H3,(H,41,47)(H,42,51)(H,55,56)(H,57,58)(H2,40,43,44)(H2,52,53,54);/q;+1/p-1/t28-,32-,33-,34+,38-;/m1./s1. The van der Waals surface area contributed by atoms with Gasteiger partial charge in [0.25, 0.3) is 7.82 Å². The number of nitrogen functional groups attached to an aromatic ring is 1. The number of hydrogen-bond acceptors (Lipinski definition) is 19. The van der Waals surface area contributed by atoms with Gasteiger partial charge in [0.2, 0.25) is 11.8 Å². The molecule has 2 amide bonds. The molecule has 384 valence electrons. The Bertz CT molecular complexity index is 2000. The van der Waals surface area contributed by atoms with Crippen molar-refractivity contribution in [1.82, 2.24) is 30.2 Å². The van der Waals surface area contributed by atoms with Crippen molar-refractivity contribution in [3.63, 3.8) is 0 Å². The van der Waals surface area contributed by atoms with Crippen LogP contribution in [0.5, 0.6) is 0 Å². The van der Waals surface area contributed by atoms with Gasteiger partial charge in [0, 0.05) is 37.1 Å². The Morgan fingerprint density at radius 3 is 2.07 bits per heavy atom. The number of carbonyl (C=O) groups is 3. The first-order chi connectivity index (χ1) is 31.6. The number of carbonyl (C=O) groups excluding carboxylic acids is 3. The minimum Gasteiger partial charge on any atom is -0.756 e. The number of ether oxygens (including phenoxy) is 1. The molecule has 24 nitrogen and oxygen atoms in total. The average Bonchev–Trinajstić information content (AvgIpc) is 3.81. The van der Waals surface area contributed by atoms with Crippen molar-refractivity contribution in [3.8, 4) is 0 Å². The number of nitrogens with one attached hydrogen (secondary N) is 2. The number of hydrogen-bond donors (Lipinski definition) is 8. The van der Waals surface area contributed by atoms with E-state index < -0.39 is 84.6 Å². The van der Waals surface area contributed by atoms with Crippen molar-refractivity contribution in [2.75, 3.05) is 37.8 Å². The number of anilines is 1. The van der Waals surface area contributed by atoms with Crippen molar-refractivity contribution < 1.29 is 99.3 Å². The van der Waals surface area contributed by atoms with Crippen LogP contribution in [0.1, 0.15) is 136 Å². The van der Waals surface area contributed by atoms with E-state index in [-0.39, 0.29) is 60.5 Å². The molecule has 1 fully saturated rings. The maximum absolute atomic E-state index is 12.7. The number of phosphoric ester groups is 3. The summed E-state index contributed by atoms with van der Waals surface area (Å²) >= 11 is 1.15. The third kappa shape index (κ3) is 23.1. The Labute approximate surface area is 413 Å². The zero-order valence-corrected chi connectivity index (χ0v) is 42.8. The fourth-order valence-electron chi connectivity index (χ4n) is 7.00. The van der Waals surface area contributed by atoms with Gasteiger partial charge in [-0.15, -0.1) is 0 Å². The van der Waals surface area contributed by atoms with Crippen molar-refractivity contribution >= 4 is 69.1 Å². The molecule has 2 aromatic heterocycles. The quantitative estimate of drug-likeness (QED) is 0.0274. The molecule has 3 rings (SSSR count). The molecule has 2 aromatic rings. The van der Waals surface area contributed by atoms with Gasteiger partial charge < -0.3 is 55.4 Å². The molecule has 3 heterocycles. The number of fused-ring (bicyclic) bond motifs is 1. The molecule has 1 saturated heterocycles. The van der Waals surface area contributed by atoms with Gasteiger partial charge in [-0.1, -0.05) is 122 Å². The molecule has 9 N–H and O–H groups in total. The predicted octanol–water partition coefficient (Wildman–Crippen LogP) is 1.30. The summed E-state index contributed by atoms with van der Waals surface area (Å²) in [5, 5.41) is 26.6. The largest absolute Gasteiger partial charge is 1.00 e. The molecule has 0 bridgehead atoms. The van der Waals surface area contributed by atoms with Crippen LogP contribution in [0, 0.1) is 5.41 Å². The second-order valence-electron chi connectivity index (χ2n) is 17.0. The molecule has 0 radical (unpaired) electrons. The van der Waals surface area contributed by atoms with E-state index in [1.165, 1.54) is 90.9 Å². The summed E-state index contributed by atoms with van der Waals surface area (Å²) in [7, 11) is -16.7. The van der Waals surface area contributed by atoms with Gasteiger partial charge in [0.1, 0.15) is 36.3 Å². The second kappa shape index (κ2) is 30.9. The Morgan fingerprint density at radius 1 is 0.897 bits per heavy atom. The third-order valence-corrected chi connectivity index (χ3v) is 14.7. The molecule has 7 atom stereocenters. The Kier molecular flexibility index (Phi) is 28.3. The Balaban J connectivity index is 0.0000159. The summed E-state index contributed by atoms with van der Waals surface area (Å²) < 4.78 is 62.0. The first kappa shape index (κ1) is 62.3. The van der Waals surface area contributed by atoms with Crippen molar-refractivity contribution in [2.24, 2.45) is 5.41 Å². The first-order valence-electron chi connectivity index (χ1n) is 22.6. The molecule has 29 heteroatoms. The number of nitrogens with two attached hydrogens (primary N) is 1. The van der Waals surface area contributed by atoms with Gasteiger partial charge in [-0.25, -0.2) is 28.4 Å². The van der Waals surface area contributed by atoms with Crippen molar-refractivity contribution in [1.29, 1.82) is 0 Å². The second-order valence-corrected chi connectivity index (χ2v) is 22.3. The number of nitrogens with zero attached hydrogens (tertiary/aromatic N) is 4. The number of aliphatic hydroxyl groups excluding tert-OH is 2. The topological polar surface area (TPSA) is 366 Å². The molecular formula is C39H69LiN7O17P3S.